The number of hydrogen-bond donors (Lipinski definition) is 5. The summed E-state index contributed by atoms with van der Waals surface area (Å²) in [5.74, 6) is -2.16. The second-order valence-electron chi connectivity index (χ2n) is 8.78. The van der Waals surface area contributed by atoms with Crippen LogP contribution in [0.1, 0.15) is 45.2 Å². The predicted molar refractivity (Wildman–Crippen MR) is 114 cm³/mol. The highest BCUT2D eigenvalue weighted by Gasteiger charge is 2.28. The molecule has 160 valence electrons. The fourth-order valence-electron chi connectivity index (χ4n) is 3.38. The molecule has 3 aromatic rings. The van der Waals surface area contributed by atoms with E-state index >= 15 is 0 Å². The summed E-state index contributed by atoms with van der Waals surface area (Å²) in [6.45, 7) is 10.5. The summed E-state index contributed by atoms with van der Waals surface area (Å²) >= 11 is 0. The van der Waals surface area contributed by atoms with Crippen LogP contribution in [0, 0.1) is 0 Å². The van der Waals surface area contributed by atoms with Crippen molar-refractivity contribution in [1.82, 2.24) is 0 Å². The second-order valence-corrected chi connectivity index (χ2v) is 8.78. The van der Waals surface area contributed by atoms with E-state index in [4.69, 9.17) is 4.42 Å². The number of allylic oxidation sites excluding steroid dienone is 1. The molecule has 30 heavy (non-hydrogen) atoms. The molecule has 7 nitrogen and oxygen atoms in total. The molecule has 0 aliphatic rings. The van der Waals surface area contributed by atoms with Crippen LogP contribution in [0.2, 0.25) is 0 Å². The molecule has 5 N–H and O–H groups in total. The summed E-state index contributed by atoms with van der Waals surface area (Å²) in [6.07, 6.45) is 2.06. The zero-order valence-electron chi connectivity index (χ0n) is 17.4. The average Bonchev–Trinajstić information content (AvgIpc) is 2.66. The van der Waals surface area contributed by atoms with E-state index in [9.17, 15) is 30.3 Å². The van der Waals surface area contributed by atoms with Gasteiger partial charge in [-0.2, -0.15) is 0 Å². The largest absolute Gasteiger partial charge is 0.504 e. The van der Waals surface area contributed by atoms with Gasteiger partial charge in [0.1, 0.15) is 11.0 Å². The molecule has 1 aromatic heterocycles. The van der Waals surface area contributed by atoms with E-state index in [-0.39, 0.29) is 40.3 Å². The molecule has 0 aliphatic heterocycles. The van der Waals surface area contributed by atoms with E-state index < -0.39 is 39.4 Å². The first-order chi connectivity index (χ1) is 13.8. The molecule has 7 heteroatoms. The molecule has 0 unspecified atom stereocenters. The van der Waals surface area contributed by atoms with Gasteiger partial charge >= 0.3 is 0 Å². The van der Waals surface area contributed by atoms with Crippen molar-refractivity contribution in [2.45, 2.75) is 51.6 Å². The summed E-state index contributed by atoms with van der Waals surface area (Å²) in [5, 5.41) is 51.2. The summed E-state index contributed by atoms with van der Waals surface area (Å²) in [5.41, 5.74) is -2.04. The molecule has 0 atom stereocenters. The molecule has 0 fully saturated rings. The van der Waals surface area contributed by atoms with Gasteiger partial charge in [0.25, 0.3) is 0 Å². The molecular formula is C23H26O7. The van der Waals surface area contributed by atoms with Crippen molar-refractivity contribution >= 4 is 21.9 Å². The van der Waals surface area contributed by atoms with E-state index in [2.05, 4.69) is 6.58 Å². The van der Waals surface area contributed by atoms with Crippen LogP contribution in [0.15, 0.2) is 34.0 Å². The first-order valence-corrected chi connectivity index (χ1v) is 9.54. The van der Waals surface area contributed by atoms with Crippen LogP contribution in [0.25, 0.3) is 21.9 Å². The molecular weight excluding hydrogens is 388 g/mol. The molecule has 1 heterocycles. The van der Waals surface area contributed by atoms with Gasteiger partial charge in [-0.15, -0.1) is 6.58 Å². The Morgan fingerprint density at radius 2 is 1.63 bits per heavy atom. The number of rotatable bonds is 5. The summed E-state index contributed by atoms with van der Waals surface area (Å²) in [6, 6.07) is 2.64. The highest BCUT2D eigenvalue weighted by molar-refractivity contribution is 5.99. The van der Waals surface area contributed by atoms with Gasteiger partial charge in [0.15, 0.2) is 22.8 Å². The molecule has 0 saturated heterocycles. The SMILES string of the molecule is C=CC(C)(C)c1cc(O)c(O)c2c(=O)c3cc(CCC(C)(C)O)c(O)c(O)c3oc12. The fourth-order valence-corrected chi connectivity index (χ4v) is 3.38. The monoisotopic (exact) mass is 414 g/mol. The lowest BCUT2D eigenvalue weighted by Gasteiger charge is -2.22. The number of fused-ring (bicyclic) bond motifs is 2. The molecule has 3 rings (SSSR count). The number of aliphatic hydroxyl groups is 1. The lowest BCUT2D eigenvalue weighted by molar-refractivity contribution is 0.0712. The van der Waals surface area contributed by atoms with Crippen LogP contribution in [0.5, 0.6) is 23.0 Å². The van der Waals surface area contributed by atoms with Crippen LogP contribution in [-0.4, -0.2) is 31.1 Å². The fraction of sp³-hybridized carbons (Fsp3) is 0.348. The van der Waals surface area contributed by atoms with Crippen molar-refractivity contribution in [2.24, 2.45) is 0 Å². The summed E-state index contributed by atoms with van der Waals surface area (Å²) < 4.78 is 5.82. The maximum absolute atomic E-state index is 13.2. The molecule has 0 spiro atoms. The number of phenolic OH excluding ortho intramolecular Hbond substituents is 4. The zero-order chi connectivity index (χ0) is 22.6. The highest BCUT2D eigenvalue weighted by Crippen LogP contribution is 2.44. The van der Waals surface area contributed by atoms with E-state index in [1.165, 1.54) is 12.1 Å². The maximum atomic E-state index is 13.2. The number of aryl methyl sites for hydroxylation is 1. The zero-order valence-corrected chi connectivity index (χ0v) is 17.4. The number of aromatic hydroxyl groups is 4. The Balaban J connectivity index is 2.44. The molecule has 0 saturated carbocycles. The first-order valence-electron chi connectivity index (χ1n) is 9.54. The van der Waals surface area contributed by atoms with Gasteiger partial charge in [-0.05, 0) is 44.4 Å². The Hall–Kier alpha value is -3.19. The van der Waals surface area contributed by atoms with E-state index in [1.54, 1.807) is 33.8 Å². The minimum atomic E-state index is -1.01. The second kappa shape index (κ2) is 6.95. The highest BCUT2D eigenvalue weighted by atomic mass is 16.4. The Morgan fingerprint density at radius 3 is 2.20 bits per heavy atom. The molecule has 2 aromatic carbocycles. The van der Waals surface area contributed by atoms with Gasteiger partial charge < -0.3 is 29.9 Å². The Kier molecular flexibility index (Phi) is 4.99. The lowest BCUT2D eigenvalue weighted by atomic mass is 9.83. The lowest BCUT2D eigenvalue weighted by Crippen LogP contribution is -2.19. The Morgan fingerprint density at radius 1 is 1.00 bits per heavy atom. The van der Waals surface area contributed by atoms with E-state index in [0.717, 1.165) is 0 Å². The summed E-state index contributed by atoms with van der Waals surface area (Å²) in [7, 11) is 0. The van der Waals surface area contributed by atoms with Gasteiger partial charge in [0.2, 0.25) is 11.2 Å². The standard InChI is InChI=1S/C23H26O7/c1-6-22(2,3)13-10-14(24)18(27)15-17(26)12-9-11(7-8-23(4,5)29)16(25)19(28)20(12)30-21(13)15/h6,9-10,24-25,27-29H,1,7-8H2,2-5H3. The molecule has 0 aliphatic carbocycles. The molecule has 0 amide bonds. The van der Waals surface area contributed by atoms with Crippen LogP contribution < -0.4 is 5.43 Å². The van der Waals surface area contributed by atoms with Crippen LogP contribution >= 0.6 is 0 Å². The van der Waals surface area contributed by atoms with Crippen molar-refractivity contribution in [3.8, 4) is 23.0 Å². The van der Waals surface area contributed by atoms with Crippen LogP contribution in [0.4, 0.5) is 0 Å². The van der Waals surface area contributed by atoms with Gasteiger partial charge in [-0.25, -0.2) is 0 Å². The number of benzene rings is 2. The topological polar surface area (TPSA) is 131 Å². The van der Waals surface area contributed by atoms with Crippen molar-refractivity contribution < 1.29 is 29.9 Å². The van der Waals surface area contributed by atoms with Gasteiger partial charge in [-0.3, -0.25) is 4.79 Å². The molecule has 0 bridgehead atoms. The minimum Gasteiger partial charge on any atom is -0.504 e. The van der Waals surface area contributed by atoms with E-state index in [1.807, 2.05) is 0 Å². The third-order valence-electron chi connectivity index (χ3n) is 5.43. The maximum Gasteiger partial charge on any atom is 0.204 e. The van der Waals surface area contributed by atoms with Gasteiger partial charge in [0, 0.05) is 11.0 Å². The van der Waals surface area contributed by atoms with Crippen molar-refractivity contribution in [3.05, 3.63) is 46.1 Å². The van der Waals surface area contributed by atoms with Crippen molar-refractivity contribution in [2.75, 3.05) is 0 Å². The number of hydrogen-bond acceptors (Lipinski definition) is 7. The van der Waals surface area contributed by atoms with E-state index in [0.29, 0.717) is 5.56 Å². The quantitative estimate of drug-likeness (QED) is 0.243. The van der Waals surface area contributed by atoms with Gasteiger partial charge in [-0.1, -0.05) is 19.9 Å². The average molecular weight is 414 g/mol. The van der Waals surface area contributed by atoms with Gasteiger partial charge in [0.05, 0.1) is 11.0 Å². The predicted octanol–water partition coefficient (Wildman–Crippen LogP) is 3.94. The molecule has 0 radical (unpaired) electrons. The summed E-state index contributed by atoms with van der Waals surface area (Å²) in [4.78, 5) is 13.2. The minimum absolute atomic E-state index is 0.0216. The normalized spacial score (nSPS) is 12.6. The first kappa shape index (κ1) is 21.5. The number of phenols is 4. The van der Waals surface area contributed by atoms with Crippen LogP contribution in [0.3, 0.4) is 0 Å². The van der Waals surface area contributed by atoms with Crippen molar-refractivity contribution in [3.63, 3.8) is 0 Å². The Labute approximate surface area is 173 Å². The van der Waals surface area contributed by atoms with Crippen molar-refractivity contribution in [1.29, 1.82) is 0 Å². The third-order valence-corrected chi connectivity index (χ3v) is 5.43. The third kappa shape index (κ3) is 3.45. The smallest absolute Gasteiger partial charge is 0.204 e. The Bertz CT molecular complexity index is 1230. The van der Waals surface area contributed by atoms with Crippen LogP contribution in [-0.2, 0) is 11.8 Å².